The number of carboxylic acid groups (broad SMARTS) is 1. The molecule has 14 nitrogen and oxygen atoms in total. The van der Waals surface area contributed by atoms with E-state index in [9.17, 15) is 29.1 Å². The highest BCUT2D eigenvalue weighted by atomic mass is 16.4. The predicted octanol–water partition coefficient (Wildman–Crippen LogP) is -2.52. The van der Waals surface area contributed by atoms with Crippen molar-refractivity contribution in [1.29, 1.82) is 0 Å². The number of nitrogens with one attached hydrogen (secondary N) is 3. The summed E-state index contributed by atoms with van der Waals surface area (Å²) < 4.78 is 0. The summed E-state index contributed by atoms with van der Waals surface area (Å²) in [5, 5.41) is 16.9. The summed E-state index contributed by atoms with van der Waals surface area (Å²) in [6.07, 6.45) is 0.336. The molecule has 14 heteroatoms. The van der Waals surface area contributed by atoms with Crippen LogP contribution in [-0.4, -0.2) is 71.4 Å². The number of amides is 4. The lowest BCUT2D eigenvalue weighted by atomic mass is 10.0. The van der Waals surface area contributed by atoms with Crippen LogP contribution in [0.4, 0.5) is 0 Å². The van der Waals surface area contributed by atoms with Gasteiger partial charge in [-0.15, -0.1) is 0 Å². The third-order valence-electron chi connectivity index (χ3n) is 5.09. The fraction of sp³-hybridized carbons (Fsp3) is 0.714. The van der Waals surface area contributed by atoms with Crippen molar-refractivity contribution in [2.24, 2.45) is 39.8 Å². The molecule has 35 heavy (non-hydrogen) atoms. The van der Waals surface area contributed by atoms with Gasteiger partial charge in [-0.2, -0.15) is 0 Å². The Hall–Kier alpha value is -3.42. The largest absolute Gasteiger partial charge is 0.480 e. The Morgan fingerprint density at radius 3 is 1.80 bits per heavy atom. The number of primary amides is 1. The lowest BCUT2D eigenvalue weighted by molar-refractivity contribution is -0.143. The summed E-state index contributed by atoms with van der Waals surface area (Å²) in [6.45, 7) is 6.83. The van der Waals surface area contributed by atoms with E-state index < -0.39 is 59.7 Å². The molecule has 0 aliphatic carbocycles. The molecule has 0 aromatic carbocycles. The molecule has 0 saturated heterocycles. The number of hydrogen-bond acceptors (Lipinski definition) is 7. The molecule has 0 bridgehead atoms. The molecule has 200 valence electrons. The predicted molar refractivity (Wildman–Crippen MR) is 129 cm³/mol. The topological polar surface area (TPSA) is 258 Å². The van der Waals surface area contributed by atoms with E-state index in [1.807, 2.05) is 0 Å². The average molecular weight is 501 g/mol. The first-order valence-electron chi connectivity index (χ1n) is 11.4. The van der Waals surface area contributed by atoms with Gasteiger partial charge in [0.1, 0.15) is 18.1 Å². The number of carboxylic acids is 1. The van der Waals surface area contributed by atoms with Gasteiger partial charge in [0.05, 0.1) is 6.04 Å². The molecule has 0 saturated carbocycles. The van der Waals surface area contributed by atoms with Crippen LogP contribution in [0.2, 0.25) is 0 Å². The minimum Gasteiger partial charge on any atom is -0.480 e. The van der Waals surface area contributed by atoms with E-state index in [1.54, 1.807) is 27.7 Å². The maximum Gasteiger partial charge on any atom is 0.326 e. The molecule has 0 aromatic rings. The van der Waals surface area contributed by atoms with Crippen LogP contribution in [0.5, 0.6) is 0 Å². The van der Waals surface area contributed by atoms with Crippen LogP contribution >= 0.6 is 0 Å². The molecule has 0 fully saturated rings. The number of hydrogen-bond donors (Lipinski definition) is 8. The highest BCUT2D eigenvalue weighted by Crippen LogP contribution is 2.08. The van der Waals surface area contributed by atoms with Crippen LogP contribution in [0.15, 0.2) is 4.99 Å². The first kappa shape index (κ1) is 31.6. The molecule has 0 heterocycles. The Bertz CT molecular complexity index is 782. The van der Waals surface area contributed by atoms with Crippen LogP contribution in [0, 0.1) is 11.8 Å². The number of aliphatic carboxylic acids is 1. The molecule has 12 N–H and O–H groups in total. The van der Waals surface area contributed by atoms with Crippen LogP contribution in [0.25, 0.3) is 0 Å². The number of carbonyl (C=O) groups excluding carboxylic acids is 4. The molecule has 4 amide bonds. The molecule has 4 atom stereocenters. The van der Waals surface area contributed by atoms with E-state index in [0.717, 1.165) is 0 Å². The van der Waals surface area contributed by atoms with Crippen molar-refractivity contribution < 1.29 is 29.1 Å². The number of aliphatic imine (C=N–C) groups is 1. The quantitative estimate of drug-likeness (QED) is 0.0631. The van der Waals surface area contributed by atoms with E-state index >= 15 is 0 Å². The van der Waals surface area contributed by atoms with Crippen molar-refractivity contribution in [3.8, 4) is 0 Å². The highest BCUT2D eigenvalue weighted by molar-refractivity contribution is 5.94. The van der Waals surface area contributed by atoms with Gasteiger partial charge < -0.3 is 44.0 Å². The third kappa shape index (κ3) is 12.6. The maximum absolute atomic E-state index is 13.0. The van der Waals surface area contributed by atoms with Crippen molar-refractivity contribution in [3.63, 3.8) is 0 Å². The minimum absolute atomic E-state index is 0.00913. The fourth-order valence-corrected chi connectivity index (χ4v) is 3.03. The Morgan fingerprint density at radius 1 is 0.800 bits per heavy atom. The zero-order valence-electron chi connectivity index (χ0n) is 20.7. The van der Waals surface area contributed by atoms with E-state index in [2.05, 4.69) is 20.9 Å². The average Bonchev–Trinajstić information content (AvgIpc) is 2.74. The lowest BCUT2D eigenvalue weighted by Gasteiger charge is -2.27. The Balaban J connectivity index is 5.52. The van der Waals surface area contributed by atoms with Gasteiger partial charge in [-0.25, -0.2) is 4.79 Å². The first-order valence-corrected chi connectivity index (χ1v) is 11.4. The highest BCUT2D eigenvalue weighted by Gasteiger charge is 2.32. The summed E-state index contributed by atoms with van der Waals surface area (Å²) >= 11 is 0. The van der Waals surface area contributed by atoms with Gasteiger partial charge in [-0.3, -0.25) is 24.2 Å². The van der Waals surface area contributed by atoms with Crippen molar-refractivity contribution in [2.45, 2.75) is 77.5 Å². The van der Waals surface area contributed by atoms with E-state index in [1.165, 1.54) is 0 Å². The SMILES string of the molecule is CC(C)C(NC(=O)C(CCCN=C(N)N)NC(=O)C(NC(=O)C(N)CCC(N)=O)C(C)C)C(=O)O. The van der Waals surface area contributed by atoms with Crippen LogP contribution in [0.1, 0.15) is 53.4 Å². The zero-order valence-corrected chi connectivity index (χ0v) is 20.7. The Kier molecular flexibility index (Phi) is 14.0. The van der Waals surface area contributed by atoms with Crippen LogP contribution in [0.3, 0.4) is 0 Å². The van der Waals surface area contributed by atoms with Crippen LogP contribution < -0.4 is 38.9 Å². The summed E-state index contributed by atoms with van der Waals surface area (Å²) in [5.74, 6) is -4.74. The minimum atomic E-state index is -1.21. The molecule has 0 rings (SSSR count). The first-order chi connectivity index (χ1) is 16.2. The molecule has 0 aromatic heterocycles. The molecular weight excluding hydrogens is 460 g/mol. The zero-order chi connectivity index (χ0) is 27.3. The summed E-state index contributed by atoms with van der Waals surface area (Å²) in [6, 6.07) is -4.38. The van der Waals surface area contributed by atoms with Crippen LogP contribution in [-0.2, 0) is 24.0 Å². The third-order valence-corrected chi connectivity index (χ3v) is 5.09. The summed E-state index contributed by atoms with van der Waals surface area (Å²) in [7, 11) is 0. The second kappa shape index (κ2) is 15.5. The summed E-state index contributed by atoms with van der Waals surface area (Å²) in [4.78, 5) is 64.6. The Morgan fingerprint density at radius 2 is 1.34 bits per heavy atom. The molecule has 0 aliphatic rings. The van der Waals surface area contributed by atoms with Gasteiger partial charge >= 0.3 is 5.97 Å². The number of carbonyl (C=O) groups is 5. The van der Waals surface area contributed by atoms with Gasteiger partial charge in [-0.05, 0) is 31.1 Å². The molecule has 4 unspecified atom stereocenters. The van der Waals surface area contributed by atoms with Gasteiger partial charge in [0.25, 0.3) is 0 Å². The maximum atomic E-state index is 13.0. The lowest BCUT2D eigenvalue weighted by Crippen LogP contribution is -2.58. The molecular formula is C21H40N8O6. The molecule has 0 aliphatic heterocycles. The monoisotopic (exact) mass is 500 g/mol. The summed E-state index contributed by atoms with van der Waals surface area (Å²) in [5.41, 5.74) is 21.5. The van der Waals surface area contributed by atoms with Gasteiger partial charge in [0.2, 0.25) is 23.6 Å². The van der Waals surface area contributed by atoms with E-state index in [-0.39, 0.29) is 37.7 Å². The number of guanidine groups is 1. The number of nitrogens with two attached hydrogens (primary N) is 4. The van der Waals surface area contributed by atoms with Gasteiger partial charge in [0, 0.05) is 13.0 Å². The van der Waals surface area contributed by atoms with Gasteiger partial charge in [-0.1, -0.05) is 27.7 Å². The fourth-order valence-electron chi connectivity index (χ4n) is 3.03. The van der Waals surface area contributed by atoms with Gasteiger partial charge in [0.15, 0.2) is 5.96 Å². The second-order valence-electron chi connectivity index (χ2n) is 8.92. The number of rotatable bonds is 16. The Labute approximate surface area is 205 Å². The van der Waals surface area contributed by atoms with Crippen molar-refractivity contribution in [2.75, 3.05) is 6.54 Å². The molecule has 0 radical (unpaired) electrons. The van der Waals surface area contributed by atoms with Crippen molar-refractivity contribution >= 4 is 35.6 Å². The van der Waals surface area contributed by atoms with E-state index in [4.69, 9.17) is 22.9 Å². The van der Waals surface area contributed by atoms with E-state index in [0.29, 0.717) is 6.42 Å². The van der Waals surface area contributed by atoms with Crippen molar-refractivity contribution in [1.82, 2.24) is 16.0 Å². The number of nitrogens with zero attached hydrogens (tertiary/aromatic N) is 1. The van der Waals surface area contributed by atoms with Crippen molar-refractivity contribution in [3.05, 3.63) is 0 Å². The molecule has 0 spiro atoms. The normalized spacial score (nSPS) is 14.4. The standard InChI is InChI=1S/C21H40N8O6/c1-10(2)15(28-17(31)12(22)7-8-14(23)30)19(33)27-13(6-5-9-26-21(24)25)18(32)29-16(11(3)4)20(34)35/h10-13,15-16H,5-9,22H2,1-4H3,(H2,23,30)(H,27,33)(H,28,31)(H,29,32)(H,34,35)(H4,24,25,26). The second-order valence-corrected chi connectivity index (χ2v) is 8.92. The smallest absolute Gasteiger partial charge is 0.326 e.